The molecule has 3 unspecified atom stereocenters. The van der Waals surface area contributed by atoms with E-state index in [-0.39, 0.29) is 5.91 Å². The molecule has 5 heteroatoms. The predicted octanol–water partition coefficient (Wildman–Crippen LogP) is 3.17. The van der Waals surface area contributed by atoms with E-state index in [1.165, 1.54) is 0 Å². The van der Waals surface area contributed by atoms with E-state index in [4.69, 9.17) is 11.6 Å². The number of carbonyl (C=O) groups is 1. The van der Waals surface area contributed by atoms with Gasteiger partial charge < -0.3 is 10.2 Å². The molecule has 108 valence electrons. The van der Waals surface area contributed by atoms with E-state index in [0.717, 1.165) is 30.5 Å². The van der Waals surface area contributed by atoms with Gasteiger partial charge in [0.1, 0.15) is 0 Å². The van der Waals surface area contributed by atoms with Crippen molar-refractivity contribution in [3.8, 4) is 0 Å². The molecule has 20 heavy (non-hydrogen) atoms. The van der Waals surface area contributed by atoms with Gasteiger partial charge in [0.05, 0.1) is 10.6 Å². The number of halogens is 2. The zero-order valence-electron chi connectivity index (χ0n) is 11.4. The molecule has 0 radical (unpaired) electrons. The minimum atomic E-state index is 0.0672. The fourth-order valence-corrected chi connectivity index (χ4v) is 4.18. The van der Waals surface area contributed by atoms with E-state index in [1.54, 1.807) is 0 Å². The lowest BCUT2D eigenvalue weighted by molar-refractivity contribution is 0.0712. The Kier molecular flexibility index (Phi) is 4.07. The minimum absolute atomic E-state index is 0.0672. The molecular formula is C15H18BrClN2O. The van der Waals surface area contributed by atoms with Crippen LogP contribution < -0.4 is 5.32 Å². The van der Waals surface area contributed by atoms with Gasteiger partial charge in [-0.05, 0) is 46.3 Å². The number of nitrogens with zero attached hydrogens (tertiary/aromatic N) is 1. The largest absolute Gasteiger partial charge is 0.335 e. The lowest BCUT2D eigenvalue weighted by Gasteiger charge is -2.27. The third kappa shape index (κ3) is 2.28. The number of hydrogen-bond acceptors (Lipinski definition) is 2. The highest BCUT2D eigenvalue weighted by Crippen LogP contribution is 2.36. The first kappa shape index (κ1) is 14.4. The van der Waals surface area contributed by atoms with Crippen LogP contribution in [0.25, 0.3) is 0 Å². The average molecular weight is 358 g/mol. The molecule has 1 aromatic carbocycles. The van der Waals surface area contributed by atoms with E-state index in [9.17, 15) is 4.79 Å². The van der Waals surface area contributed by atoms with Crippen LogP contribution in [0.3, 0.4) is 0 Å². The maximum atomic E-state index is 12.8. The minimum Gasteiger partial charge on any atom is -0.335 e. The Morgan fingerprint density at radius 1 is 1.50 bits per heavy atom. The van der Waals surface area contributed by atoms with Crippen LogP contribution >= 0.6 is 27.5 Å². The van der Waals surface area contributed by atoms with Gasteiger partial charge >= 0.3 is 0 Å². The summed E-state index contributed by atoms with van der Waals surface area (Å²) >= 11 is 9.66. The molecule has 1 N–H and O–H groups in total. The molecule has 1 aromatic rings. The lowest BCUT2D eigenvalue weighted by atomic mass is 9.93. The van der Waals surface area contributed by atoms with Crippen LogP contribution in [0, 0.1) is 11.8 Å². The zero-order valence-corrected chi connectivity index (χ0v) is 13.7. The Labute approximate surface area is 132 Å². The van der Waals surface area contributed by atoms with Gasteiger partial charge in [0, 0.05) is 30.1 Å². The van der Waals surface area contributed by atoms with Crippen LogP contribution in [0.2, 0.25) is 5.02 Å². The second kappa shape index (κ2) is 5.66. The number of carbonyl (C=O) groups excluding carboxylic acids is 1. The van der Waals surface area contributed by atoms with Crippen LogP contribution in [0.5, 0.6) is 0 Å². The van der Waals surface area contributed by atoms with Crippen molar-refractivity contribution in [3.63, 3.8) is 0 Å². The fourth-order valence-electron chi connectivity index (χ4n) is 3.60. The maximum absolute atomic E-state index is 12.8. The highest BCUT2D eigenvalue weighted by molar-refractivity contribution is 9.10. The Hall–Kier alpha value is -0.580. The Balaban J connectivity index is 1.89. The lowest BCUT2D eigenvalue weighted by Crippen LogP contribution is -2.39. The van der Waals surface area contributed by atoms with Crippen molar-refractivity contribution in [2.75, 3.05) is 19.6 Å². The van der Waals surface area contributed by atoms with E-state index in [0.29, 0.717) is 28.5 Å². The highest BCUT2D eigenvalue weighted by atomic mass is 79.9. The third-order valence-corrected chi connectivity index (χ3v) is 5.88. The summed E-state index contributed by atoms with van der Waals surface area (Å²) in [5.41, 5.74) is 0.604. The standard InChI is InChI=1S/C15H18BrClN2O/c1-2-13-11-7-18-6-9(11)8-19(13)15(20)10-4-3-5-12(16)14(10)17/h3-5,9,11,13,18H,2,6-8H2,1H3. The summed E-state index contributed by atoms with van der Waals surface area (Å²) in [5, 5.41) is 3.95. The SMILES string of the molecule is CCC1C2CNCC2CN1C(=O)c1cccc(Br)c1Cl. The number of likely N-dealkylation sites (tertiary alicyclic amines) is 1. The molecule has 2 fully saturated rings. The molecule has 0 spiro atoms. The molecular weight excluding hydrogens is 340 g/mol. The van der Waals surface area contributed by atoms with Crippen LogP contribution in [0.4, 0.5) is 0 Å². The molecule has 0 saturated carbocycles. The second-order valence-electron chi connectivity index (χ2n) is 5.62. The first-order valence-corrected chi connectivity index (χ1v) is 8.26. The zero-order chi connectivity index (χ0) is 14.3. The number of benzene rings is 1. The predicted molar refractivity (Wildman–Crippen MR) is 84.1 cm³/mol. The summed E-state index contributed by atoms with van der Waals surface area (Å²) in [7, 11) is 0. The average Bonchev–Trinajstić information content (AvgIpc) is 3.01. The Morgan fingerprint density at radius 2 is 2.30 bits per heavy atom. The molecule has 0 bridgehead atoms. The second-order valence-corrected chi connectivity index (χ2v) is 6.85. The number of nitrogens with one attached hydrogen (secondary N) is 1. The molecule has 2 aliphatic rings. The van der Waals surface area contributed by atoms with Crippen LogP contribution in [0.15, 0.2) is 22.7 Å². The summed E-state index contributed by atoms with van der Waals surface area (Å²) in [6.45, 7) is 5.06. The van der Waals surface area contributed by atoms with Crippen molar-refractivity contribution in [2.45, 2.75) is 19.4 Å². The van der Waals surface area contributed by atoms with Gasteiger partial charge in [-0.3, -0.25) is 4.79 Å². The van der Waals surface area contributed by atoms with Gasteiger partial charge in [0.15, 0.2) is 0 Å². The quantitative estimate of drug-likeness (QED) is 0.882. The smallest absolute Gasteiger partial charge is 0.255 e. The van der Waals surface area contributed by atoms with Gasteiger partial charge in [0.2, 0.25) is 0 Å². The van der Waals surface area contributed by atoms with Crippen molar-refractivity contribution in [2.24, 2.45) is 11.8 Å². The topological polar surface area (TPSA) is 32.3 Å². The molecule has 2 saturated heterocycles. The van der Waals surface area contributed by atoms with Crippen molar-refractivity contribution >= 4 is 33.4 Å². The van der Waals surface area contributed by atoms with Gasteiger partial charge in [-0.1, -0.05) is 24.6 Å². The maximum Gasteiger partial charge on any atom is 0.255 e. The summed E-state index contributed by atoms with van der Waals surface area (Å²) in [4.78, 5) is 14.9. The van der Waals surface area contributed by atoms with Gasteiger partial charge in [-0.2, -0.15) is 0 Å². The highest BCUT2D eigenvalue weighted by Gasteiger charge is 2.45. The molecule has 3 rings (SSSR count). The van der Waals surface area contributed by atoms with Crippen LogP contribution in [-0.4, -0.2) is 36.5 Å². The van der Waals surface area contributed by atoms with Gasteiger partial charge in [0.25, 0.3) is 5.91 Å². The first-order chi connectivity index (χ1) is 9.63. The molecule has 2 aliphatic heterocycles. The van der Waals surface area contributed by atoms with E-state index in [2.05, 4.69) is 28.2 Å². The summed E-state index contributed by atoms with van der Waals surface area (Å²) in [6, 6.07) is 5.87. The summed E-state index contributed by atoms with van der Waals surface area (Å²) in [5.74, 6) is 1.25. The number of amides is 1. The third-order valence-electron chi connectivity index (χ3n) is 4.58. The van der Waals surface area contributed by atoms with Gasteiger partial charge in [-0.15, -0.1) is 0 Å². The summed E-state index contributed by atoms with van der Waals surface area (Å²) in [6.07, 6.45) is 1.00. The number of rotatable bonds is 2. The van der Waals surface area contributed by atoms with E-state index < -0.39 is 0 Å². The van der Waals surface area contributed by atoms with Crippen molar-refractivity contribution in [1.29, 1.82) is 0 Å². The number of fused-ring (bicyclic) bond motifs is 1. The number of hydrogen-bond donors (Lipinski definition) is 1. The molecule has 1 amide bonds. The Bertz CT molecular complexity index is 537. The van der Waals surface area contributed by atoms with Crippen molar-refractivity contribution in [1.82, 2.24) is 10.2 Å². The van der Waals surface area contributed by atoms with Crippen molar-refractivity contribution < 1.29 is 4.79 Å². The molecule has 0 aliphatic carbocycles. The van der Waals surface area contributed by atoms with E-state index in [1.807, 2.05) is 23.1 Å². The fraction of sp³-hybridized carbons (Fsp3) is 0.533. The van der Waals surface area contributed by atoms with Crippen LogP contribution in [0.1, 0.15) is 23.7 Å². The molecule has 3 atom stereocenters. The normalized spacial score (nSPS) is 28.8. The van der Waals surface area contributed by atoms with Crippen LogP contribution in [-0.2, 0) is 0 Å². The van der Waals surface area contributed by atoms with Crippen molar-refractivity contribution in [3.05, 3.63) is 33.3 Å². The molecule has 3 nitrogen and oxygen atoms in total. The first-order valence-electron chi connectivity index (χ1n) is 7.09. The molecule has 2 heterocycles. The molecule has 0 aromatic heterocycles. The van der Waals surface area contributed by atoms with Gasteiger partial charge in [-0.25, -0.2) is 0 Å². The summed E-state index contributed by atoms with van der Waals surface area (Å²) < 4.78 is 0.777. The van der Waals surface area contributed by atoms with E-state index >= 15 is 0 Å². The monoisotopic (exact) mass is 356 g/mol. The Morgan fingerprint density at radius 3 is 3.05 bits per heavy atom.